The van der Waals surface area contributed by atoms with Gasteiger partial charge in [-0.1, -0.05) is 170 Å². The summed E-state index contributed by atoms with van der Waals surface area (Å²) in [5.41, 5.74) is 7.84. The lowest BCUT2D eigenvalue weighted by Gasteiger charge is -2.11. The molecule has 0 bridgehead atoms. The zero-order valence-corrected chi connectivity index (χ0v) is 28.3. The van der Waals surface area contributed by atoms with Crippen molar-refractivity contribution in [1.29, 1.82) is 0 Å². The quantitative estimate of drug-likeness (QED) is 0.183. The molecule has 0 fully saturated rings. The van der Waals surface area contributed by atoms with E-state index in [1.807, 2.05) is 47.7 Å². The Morgan fingerprint density at radius 3 is 1.55 bits per heavy atom. The Balaban J connectivity index is 1.15. The van der Waals surface area contributed by atoms with Crippen LogP contribution in [0.3, 0.4) is 0 Å². The van der Waals surface area contributed by atoms with Gasteiger partial charge < -0.3 is 0 Å². The van der Waals surface area contributed by atoms with Gasteiger partial charge in [0.1, 0.15) is 0 Å². The molecule has 3 nitrogen and oxygen atoms in total. The van der Waals surface area contributed by atoms with Crippen molar-refractivity contribution in [2.45, 2.75) is 0 Å². The molecule has 4 heteroatoms. The normalized spacial score (nSPS) is 11.5. The fourth-order valence-electron chi connectivity index (χ4n) is 7.31. The standard InChI is InChI=1S/C47H29N3S/c1-3-14-33(15-4-1)45-48-46(34-16-5-2-6-17-34)50-47(49-45)41-29-42-43(39-21-10-9-20-38(39)41)40-24-12-23-37(44(40)51-42)32-27-25-31(26-28-32)36-22-11-18-30-13-7-8-19-35(30)36/h1-29H. The van der Waals surface area contributed by atoms with Crippen LogP contribution in [-0.2, 0) is 0 Å². The maximum atomic E-state index is 5.11. The Morgan fingerprint density at radius 2 is 0.843 bits per heavy atom. The molecule has 0 amide bonds. The SMILES string of the molecule is c1ccc(-c2nc(-c3ccccc3)nc(-c3cc4sc5c(-c6ccc(-c7cccc8ccccc78)cc6)cccc5c4c4ccccc34)n2)cc1. The second kappa shape index (κ2) is 12.1. The first kappa shape index (κ1) is 29.4. The van der Waals surface area contributed by atoms with E-state index in [4.69, 9.17) is 15.0 Å². The van der Waals surface area contributed by atoms with Crippen LogP contribution in [-0.4, -0.2) is 15.0 Å². The molecule has 0 radical (unpaired) electrons. The molecule has 8 aromatic carbocycles. The maximum Gasteiger partial charge on any atom is 0.164 e. The summed E-state index contributed by atoms with van der Waals surface area (Å²) in [6, 6.07) is 62.1. The number of hydrogen-bond donors (Lipinski definition) is 0. The van der Waals surface area contributed by atoms with Crippen molar-refractivity contribution in [2.24, 2.45) is 0 Å². The predicted octanol–water partition coefficient (Wildman–Crippen LogP) is 12.9. The lowest BCUT2D eigenvalue weighted by molar-refractivity contribution is 1.08. The third kappa shape index (κ3) is 5.08. The third-order valence-electron chi connectivity index (χ3n) is 9.74. The van der Waals surface area contributed by atoms with Gasteiger partial charge in [-0.2, -0.15) is 0 Å². The van der Waals surface area contributed by atoms with E-state index < -0.39 is 0 Å². The number of benzene rings is 8. The molecule has 238 valence electrons. The molecule has 0 atom stereocenters. The van der Waals surface area contributed by atoms with E-state index >= 15 is 0 Å². The summed E-state index contributed by atoms with van der Waals surface area (Å²) in [6.07, 6.45) is 0. The number of aromatic nitrogens is 3. The van der Waals surface area contributed by atoms with E-state index in [0.29, 0.717) is 17.5 Å². The van der Waals surface area contributed by atoms with Crippen LogP contribution in [0.25, 0.3) is 98.1 Å². The van der Waals surface area contributed by atoms with Crippen molar-refractivity contribution in [3.8, 4) is 56.4 Å². The number of hydrogen-bond acceptors (Lipinski definition) is 4. The fraction of sp³-hybridized carbons (Fsp3) is 0. The molecule has 0 saturated carbocycles. The summed E-state index contributed by atoms with van der Waals surface area (Å²) in [5, 5.41) is 7.38. The molecule has 0 spiro atoms. The van der Waals surface area contributed by atoms with Crippen LogP contribution in [0.15, 0.2) is 176 Å². The van der Waals surface area contributed by atoms with Crippen molar-refractivity contribution >= 4 is 53.1 Å². The van der Waals surface area contributed by atoms with E-state index in [0.717, 1.165) is 22.1 Å². The Kier molecular flexibility index (Phi) is 7.00. The highest BCUT2D eigenvalue weighted by Crippen LogP contribution is 2.45. The summed E-state index contributed by atoms with van der Waals surface area (Å²) in [4.78, 5) is 15.2. The van der Waals surface area contributed by atoms with Crippen LogP contribution < -0.4 is 0 Å². The van der Waals surface area contributed by atoms with Gasteiger partial charge in [0.15, 0.2) is 17.5 Å². The fourth-order valence-corrected chi connectivity index (χ4v) is 8.60. The Morgan fingerprint density at radius 1 is 0.333 bits per heavy atom. The monoisotopic (exact) mass is 667 g/mol. The lowest BCUT2D eigenvalue weighted by atomic mass is 9.95. The molecule has 0 aliphatic heterocycles. The molecular formula is C47H29N3S. The van der Waals surface area contributed by atoms with Gasteiger partial charge in [-0.25, -0.2) is 15.0 Å². The molecule has 0 saturated heterocycles. The van der Waals surface area contributed by atoms with Crippen molar-refractivity contribution in [3.63, 3.8) is 0 Å². The van der Waals surface area contributed by atoms with Crippen LogP contribution in [0.2, 0.25) is 0 Å². The summed E-state index contributed by atoms with van der Waals surface area (Å²) < 4.78 is 2.49. The highest BCUT2D eigenvalue weighted by molar-refractivity contribution is 7.26. The number of rotatable bonds is 5. The molecular weight excluding hydrogens is 639 g/mol. The average molecular weight is 668 g/mol. The van der Waals surface area contributed by atoms with Crippen molar-refractivity contribution in [3.05, 3.63) is 176 Å². The molecule has 10 rings (SSSR count). The Bertz CT molecular complexity index is 2830. The van der Waals surface area contributed by atoms with Gasteiger partial charge >= 0.3 is 0 Å². The average Bonchev–Trinajstić information content (AvgIpc) is 3.60. The first-order chi connectivity index (χ1) is 25.3. The molecule has 2 aromatic heterocycles. The molecule has 2 heterocycles. The van der Waals surface area contributed by atoms with Gasteiger partial charge in [-0.15, -0.1) is 11.3 Å². The second-order valence-electron chi connectivity index (χ2n) is 12.8. The number of fused-ring (bicyclic) bond motifs is 6. The first-order valence-electron chi connectivity index (χ1n) is 17.1. The van der Waals surface area contributed by atoms with Crippen molar-refractivity contribution in [1.82, 2.24) is 15.0 Å². The molecule has 0 aliphatic carbocycles. The first-order valence-corrected chi connectivity index (χ1v) is 17.9. The number of thiophene rings is 1. The van der Waals surface area contributed by atoms with Gasteiger partial charge in [0.2, 0.25) is 0 Å². The van der Waals surface area contributed by atoms with Crippen LogP contribution in [0.5, 0.6) is 0 Å². The van der Waals surface area contributed by atoms with Crippen molar-refractivity contribution in [2.75, 3.05) is 0 Å². The van der Waals surface area contributed by atoms with Gasteiger partial charge in [-0.3, -0.25) is 0 Å². The van der Waals surface area contributed by atoms with E-state index in [2.05, 4.69) is 140 Å². The minimum atomic E-state index is 0.661. The topological polar surface area (TPSA) is 38.7 Å². The van der Waals surface area contributed by atoms with Crippen LogP contribution >= 0.6 is 11.3 Å². The highest BCUT2D eigenvalue weighted by Gasteiger charge is 2.19. The van der Waals surface area contributed by atoms with Gasteiger partial charge in [0, 0.05) is 36.9 Å². The molecule has 51 heavy (non-hydrogen) atoms. The molecule has 10 aromatic rings. The van der Waals surface area contributed by atoms with Gasteiger partial charge in [0.05, 0.1) is 0 Å². The van der Waals surface area contributed by atoms with Gasteiger partial charge in [-0.05, 0) is 49.9 Å². The molecule has 0 aliphatic rings. The molecule has 0 unspecified atom stereocenters. The number of nitrogens with zero attached hydrogens (tertiary/aromatic N) is 3. The van der Waals surface area contributed by atoms with E-state index in [1.165, 1.54) is 58.6 Å². The minimum Gasteiger partial charge on any atom is -0.208 e. The second-order valence-corrected chi connectivity index (χ2v) is 13.8. The van der Waals surface area contributed by atoms with Gasteiger partial charge in [0.25, 0.3) is 0 Å². The van der Waals surface area contributed by atoms with E-state index in [9.17, 15) is 0 Å². The summed E-state index contributed by atoms with van der Waals surface area (Å²) >= 11 is 1.84. The van der Waals surface area contributed by atoms with Crippen LogP contribution in [0.1, 0.15) is 0 Å². The van der Waals surface area contributed by atoms with Crippen LogP contribution in [0, 0.1) is 0 Å². The maximum absolute atomic E-state index is 5.11. The largest absolute Gasteiger partial charge is 0.208 e. The Hall–Kier alpha value is -6.49. The van der Waals surface area contributed by atoms with Crippen molar-refractivity contribution < 1.29 is 0 Å². The summed E-state index contributed by atoms with van der Waals surface area (Å²) in [7, 11) is 0. The Labute approximate surface area is 299 Å². The van der Waals surface area contributed by atoms with Crippen LogP contribution in [0.4, 0.5) is 0 Å². The zero-order chi connectivity index (χ0) is 33.7. The summed E-state index contributed by atoms with van der Waals surface area (Å²) in [5.74, 6) is 1.99. The lowest BCUT2D eigenvalue weighted by Crippen LogP contribution is -2.00. The molecule has 0 N–H and O–H groups in total. The van der Waals surface area contributed by atoms with E-state index in [1.54, 1.807) is 0 Å². The van der Waals surface area contributed by atoms with E-state index in [-0.39, 0.29) is 0 Å². The highest BCUT2D eigenvalue weighted by atomic mass is 32.1. The minimum absolute atomic E-state index is 0.661. The summed E-state index contributed by atoms with van der Waals surface area (Å²) in [6.45, 7) is 0. The zero-order valence-electron chi connectivity index (χ0n) is 27.5. The predicted molar refractivity (Wildman–Crippen MR) is 215 cm³/mol. The smallest absolute Gasteiger partial charge is 0.164 e. The third-order valence-corrected chi connectivity index (χ3v) is 10.9.